The van der Waals surface area contributed by atoms with E-state index >= 15 is 0 Å². The molecular weight excluding hydrogens is 208 g/mol. The van der Waals surface area contributed by atoms with Gasteiger partial charge in [-0.1, -0.05) is 31.2 Å². The maximum absolute atomic E-state index is 5.94. The molecule has 0 spiro atoms. The molecule has 0 bridgehead atoms. The number of nitrogens with two attached hydrogens (primary N) is 1. The van der Waals surface area contributed by atoms with Crippen LogP contribution in [0.4, 0.5) is 0 Å². The lowest BCUT2D eigenvalue weighted by molar-refractivity contribution is 0.230. The summed E-state index contributed by atoms with van der Waals surface area (Å²) < 4.78 is 0. The van der Waals surface area contributed by atoms with E-state index in [-0.39, 0.29) is 0 Å². The molecule has 2 nitrogen and oxygen atoms in total. The van der Waals surface area contributed by atoms with Gasteiger partial charge in [0.1, 0.15) is 0 Å². The van der Waals surface area contributed by atoms with E-state index in [1.165, 1.54) is 37.1 Å². The van der Waals surface area contributed by atoms with Crippen LogP contribution in [-0.2, 0) is 0 Å². The van der Waals surface area contributed by atoms with E-state index in [0.29, 0.717) is 12.0 Å². The second-order valence-electron chi connectivity index (χ2n) is 5.12. The summed E-state index contributed by atoms with van der Waals surface area (Å²) in [5.41, 5.74) is 8.83. The van der Waals surface area contributed by atoms with Gasteiger partial charge in [-0.15, -0.1) is 0 Å². The van der Waals surface area contributed by atoms with Crippen molar-refractivity contribution < 1.29 is 0 Å². The molecule has 0 radical (unpaired) electrons. The lowest BCUT2D eigenvalue weighted by Gasteiger charge is -2.29. The van der Waals surface area contributed by atoms with Crippen molar-refractivity contribution in [2.45, 2.75) is 32.7 Å². The van der Waals surface area contributed by atoms with Crippen LogP contribution in [0.15, 0.2) is 24.3 Å². The van der Waals surface area contributed by atoms with E-state index in [4.69, 9.17) is 5.73 Å². The van der Waals surface area contributed by atoms with Crippen molar-refractivity contribution in [3.05, 3.63) is 35.4 Å². The van der Waals surface area contributed by atoms with Crippen molar-refractivity contribution in [3.8, 4) is 0 Å². The molecule has 2 rings (SSSR count). The Morgan fingerprint density at radius 1 is 1.35 bits per heavy atom. The molecule has 2 atom stereocenters. The van der Waals surface area contributed by atoms with Crippen LogP contribution in [0.1, 0.15) is 36.9 Å². The van der Waals surface area contributed by atoms with Crippen molar-refractivity contribution in [2.75, 3.05) is 19.6 Å². The predicted octanol–water partition coefficient (Wildman–Crippen LogP) is 2.73. The summed E-state index contributed by atoms with van der Waals surface area (Å²) in [6.07, 6.45) is 2.47. The Hall–Kier alpha value is -0.860. The molecule has 1 aliphatic rings. The lowest BCUT2D eigenvalue weighted by Crippen LogP contribution is -2.29. The third-order valence-corrected chi connectivity index (χ3v) is 3.95. The molecule has 94 valence electrons. The summed E-state index contributed by atoms with van der Waals surface area (Å²) in [4.78, 5) is 2.61. The van der Waals surface area contributed by atoms with E-state index in [2.05, 4.69) is 43.0 Å². The van der Waals surface area contributed by atoms with Crippen molar-refractivity contribution >= 4 is 0 Å². The van der Waals surface area contributed by atoms with Gasteiger partial charge in [0.25, 0.3) is 0 Å². The Morgan fingerprint density at radius 3 is 2.76 bits per heavy atom. The minimum Gasteiger partial charge on any atom is -0.330 e. The quantitative estimate of drug-likeness (QED) is 0.865. The SMILES string of the molecule is CCCN1CCC(CN)C1c1ccccc1C. The molecule has 2 heteroatoms. The average Bonchev–Trinajstić information content (AvgIpc) is 2.73. The predicted molar refractivity (Wildman–Crippen MR) is 72.9 cm³/mol. The first kappa shape index (κ1) is 12.6. The molecule has 1 fully saturated rings. The van der Waals surface area contributed by atoms with Crippen LogP contribution in [0.25, 0.3) is 0 Å². The Kier molecular flexibility index (Phi) is 4.19. The van der Waals surface area contributed by atoms with Gasteiger partial charge in [0.15, 0.2) is 0 Å². The van der Waals surface area contributed by atoms with Gasteiger partial charge in [-0.3, -0.25) is 4.90 Å². The van der Waals surface area contributed by atoms with E-state index in [1.807, 2.05) is 0 Å². The second-order valence-corrected chi connectivity index (χ2v) is 5.12. The van der Waals surface area contributed by atoms with Crippen LogP contribution in [0.3, 0.4) is 0 Å². The van der Waals surface area contributed by atoms with Gasteiger partial charge < -0.3 is 5.73 Å². The van der Waals surface area contributed by atoms with Crippen LogP contribution in [-0.4, -0.2) is 24.5 Å². The Morgan fingerprint density at radius 2 is 2.12 bits per heavy atom. The first-order valence-electron chi connectivity index (χ1n) is 6.77. The molecule has 17 heavy (non-hydrogen) atoms. The average molecular weight is 232 g/mol. The van der Waals surface area contributed by atoms with Gasteiger partial charge >= 0.3 is 0 Å². The minimum atomic E-state index is 0.543. The molecule has 0 saturated carbocycles. The molecule has 0 amide bonds. The highest BCUT2D eigenvalue weighted by Gasteiger charge is 2.34. The largest absolute Gasteiger partial charge is 0.330 e. The Labute approximate surface area is 105 Å². The summed E-state index contributed by atoms with van der Waals surface area (Å²) in [5.74, 6) is 0.627. The fourth-order valence-electron chi connectivity index (χ4n) is 3.08. The van der Waals surface area contributed by atoms with Crippen molar-refractivity contribution in [3.63, 3.8) is 0 Å². The second kappa shape index (κ2) is 5.65. The van der Waals surface area contributed by atoms with Crippen LogP contribution >= 0.6 is 0 Å². The number of hydrogen-bond acceptors (Lipinski definition) is 2. The number of rotatable bonds is 4. The van der Waals surface area contributed by atoms with Crippen molar-refractivity contribution in [1.29, 1.82) is 0 Å². The molecule has 2 unspecified atom stereocenters. The van der Waals surface area contributed by atoms with Crippen LogP contribution < -0.4 is 5.73 Å². The topological polar surface area (TPSA) is 29.3 Å². The van der Waals surface area contributed by atoms with Crippen LogP contribution in [0.5, 0.6) is 0 Å². The first-order chi connectivity index (χ1) is 8.27. The molecule has 1 aromatic rings. The smallest absolute Gasteiger partial charge is 0.0391 e. The summed E-state index contributed by atoms with van der Waals surface area (Å²) in [7, 11) is 0. The first-order valence-corrected chi connectivity index (χ1v) is 6.77. The van der Waals surface area contributed by atoms with Crippen molar-refractivity contribution in [1.82, 2.24) is 4.90 Å². The number of hydrogen-bond donors (Lipinski definition) is 1. The number of benzene rings is 1. The standard InChI is InChI=1S/C15H24N2/c1-3-9-17-10-8-13(11-16)15(17)14-7-5-4-6-12(14)2/h4-7,13,15H,3,8-11,16H2,1-2H3. The Balaban J connectivity index is 2.28. The van der Waals surface area contributed by atoms with Gasteiger partial charge in [-0.25, -0.2) is 0 Å². The summed E-state index contributed by atoms with van der Waals surface area (Å²) in [6.45, 7) is 7.67. The minimum absolute atomic E-state index is 0.543. The molecule has 0 aliphatic carbocycles. The monoisotopic (exact) mass is 232 g/mol. The zero-order valence-electron chi connectivity index (χ0n) is 11.0. The van der Waals surface area contributed by atoms with E-state index < -0.39 is 0 Å². The maximum Gasteiger partial charge on any atom is 0.0391 e. The molecule has 2 N–H and O–H groups in total. The van der Waals surface area contributed by atoms with E-state index in [0.717, 1.165) is 6.54 Å². The highest BCUT2D eigenvalue weighted by molar-refractivity contribution is 5.30. The van der Waals surface area contributed by atoms with Gasteiger partial charge in [-0.05, 0) is 56.4 Å². The van der Waals surface area contributed by atoms with Crippen LogP contribution in [0.2, 0.25) is 0 Å². The molecular formula is C15H24N2. The normalized spacial score (nSPS) is 25.4. The fourth-order valence-corrected chi connectivity index (χ4v) is 3.08. The third-order valence-electron chi connectivity index (χ3n) is 3.95. The van der Waals surface area contributed by atoms with Gasteiger partial charge in [0.05, 0.1) is 0 Å². The van der Waals surface area contributed by atoms with Crippen molar-refractivity contribution in [2.24, 2.45) is 11.7 Å². The van der Waals surface area contributed by atoms with Crippen LogP contribution in [0, 0.1) is 12.8 Å². The van der Waals surface area contributed by atoms with E-state index in [9.17, 15) is 0 Å². The van der Waals surface area contributed by atoms with Gasteiger partial charge in [-0.2, -0.15) is 0 Å². The van der Waals surface area contributed by atoms with Gasteiger partial charge in [0, 0.05) is 6.04 Å². The maximum atomic E-state index is 5.94. The lowest BCUT2D eigenvalue weighted by atomic mass is 9.91. The Bertz CT molecular complexity index is 362. The summed E-state index contributed by atoms with van der Waals surface area (Å²) in [6, 6.07) is 9.30. The number of aryl methyl sites for hydroxylation is 1. The number of likely N-dealkylation sites (tertiary alicyclic amines) is 1. The third kappa shape index (κ3) is 2.53. The highest BCUT2D eigenvalue weighted by Crippen LogP contribution is 2.37. The van der Waals surface area contributed by atoms with Gasteiger partial charge in [0.2, 0.25) is 0 Å². The highest BCUT2D eigenvalue weighted by atomic mass is 15.2. The molecule has 1 aliphatic heterocycles. The fraction of sp³-hybridized carbons (Fsp3) is 0.600. The molecule has 1 aromatic carbocycles. The summed E-state index contributed by atoms with van der Waals surface area (Å²) in [5, 5.41) is 0. The zero-order chi connectivity index (χ0) is 12.3. The molecule has 0 aromatic heterocycles. The van der Waals surface area contributed by atoms with E-state index in [1.54, 1.807) is 0 Å². The molecule has 1 saturated heterocycles. The summed E-state index contributed by atoms with van der Waals surface area (Å²) >= 11 is 0. The number of nitrogens with zero attached hydrogens (tertiary/aromatic N) is 1. The molecule has 1 heterocycles. The zero-order valence-corrected chi connectivity index (χ0v) is 11.0.